The normalized spacial score (nSPS) is 11.7. The van der Waals surface area contributed by atoms with Crippen LogP contribution in [0.2, 0.25) is 5.02 Å². The van der Waals surface area contributed by atoms with E-state index >= 15 is 0 Å². The number of carbonyl (C=O) groups is 2. The third kappa shape index (κ3) is 4.54. The predicted molar refractivity (Wildman–Crippen MR) is 120 cm³/mol. The maximum atomic E-state index is 12.9. The second-order valence-corrected chi connectivity index (χ2v) is 7.29. The molecule has 0 aliphatic heterocycles. The number of fused-ring (bicyclic) bond motifs is 1. The molecular formula is C22H24ClN3O5. The Morgan fingerprint density at radius 2 is 1.71 bits per heavy atom. The van der Waals surface area contributed by atoms with Gasteiger partial charge in [-0.15, -0.1) is 0 Å². The molecule has 8 nitrogen and oxygen atoms in total. The van der Waals surface area contributed by atoms with E-state index in [0.717, 1.165) is 10.9 Å². The Kier molecular flexibility index (Phi) is 6.60. The lowest BCUT2D eigenvalue weighted by atomic mass is 10.2. The summed E-state index contributed by atoms with van der Waals surface area (Å²) in [5, 5.41) is 6.58. The Bertz CT molecular complexity index is 1140. The second kappa shape index (κ2) is 9.18. The van der Waals surface area contributed by atoms with Crippen LogP contribution in [0.5, 0.6) is 17.2 Å². The molecule has 0 saturated carbocycles. The molecule has 0 bridgehead atoms. The highest BCUT2D eigenvalue weighted by Gasteiger charge is 2.21. The lowest BCUT2D eigenvalue weighted by Crippen LogP contribution is -2.42. The van der Waals surface area contributed by atoms with Gasteiger partial charge in [-0.05, 0) is 31.2 Å². The van der Waals surface area contributed by atoms with E-state index in [0.29, 0.717) is 33.7 Å². The minimum Gasteiger partial charge on any atom is -0.497 e. The molecule has 0 aliphatic carbocycles. The van der Waals surface area contributed by atoms with Crippen molar-refractivity contribution in [3.05, 3.63) is 47.1 Å². The molecule has 2 aromatic carbocycles. The van der Waals surface area contributed by atoms with Crippen molar-refractivity contribution in [1.82, 2.24) is 9.88 Å². The number of hydrogen-bond acceptors (Lipinski definition) is 5. The van der Waals surface area contributed by atoms with Gasteiger partial charge in [0.1, 0.15) is 29.0 Å². The predicted octanol–water partition coefficient (Wildman–Crippen LogP) is 3.61. The minimum absolute atomic E-state index is 0.372. The zero-order valence-electron chi connectivity index (χ0n) is 17.9. The summed E-state index contributed by atoms with van der Waals surface area (Å²) in [5.74, 6) is 0.932. The van der Waals surface area contributed by atoms with Crippen molar-refractivity contribution in [2.24, 2.45) is 7.05 Å². The first-order valence-electron chi connectivity index (χ1n) is 9.45. The van der Waals surface area contributed by atoms with Crippen LogP contribution in [-0.4, -0.2) is 43.8 Å². The molecule has 0 fully saturated rings. The number of ether oxygens (including phenoxy) is 3. The van der Waals surface area contributed by atoms with Crippen LogP contribution in [0.1, 0.15) is 17.4 Å². The van der Waals surface area contributed by atoms with Crippen molar-refractivity contribution in [2.75, 3.05) is 26.6 Å². The van der Waals surface area contributed by atoms with Crippen molar-refractivity contribution >= 4 is 40.0 Å². The summed E-state index contributed by atoms with van der Waals surface area (Å²) in [5.41, 5.74) is 1.65. The van der Waals surface area contributed by atoms with Crippen LogP contribution in [0.3, 0.4) is 0 Å². The zero-order chi connectivity index (χ0) is 22.7. The maximum Gasteiger partial charge on any atom is 0.268 e. The van der Waals surface area contributed by atoms with Crippen LogP contribution in [0.25, 0.3) is 10.9 Å². The number of hydrogen-bond donors (Lipinski definition) is 2. The molecule has 1 aromatic heterocycles. The van der Waals surface area contributed by atoms with Crippen molar-refractivity contribution in [3.63, 3.8) is 0 Å². The highest BCUT2D eigenvalue weighted by atomic mass is 35.5. The molecule has 1 atom stereocenters. The highest BCUT2D eigenvalue weighted by molar-refractivity contribution is 6.32. The number of nitrogens with zero attached hydrogens (tertiary/aromatic N) is 1. The smallest absolute Gasteiger partial charge is 0.268 e. The topological polar surface area (TPSA) is 90.8 Å². The van der Waals surface area contributed by atoms with Crippen LogP contribution in [-0.2, 0) is 11.8 Å². The quantitative estimate of drug-likeness (QED) is 0.579. The summed E-state index contributed by atoms with van der Waals surface area (Å²) in [6.45, 7) is 1.60. The molecule has 1 heterocycles. The second-order valence-electron chi connectivity index (χ2n) is 6.88. The molecule has 0 radical (unpaired) electrons. The van der Waals surface area contributed by atoms with Crippen LogP contribution >= 0.6 is 11.6 Å². The summed E-state index contributed by atoms with van der Waals surface area (Å²) in [6.07, 6.45) is 0. The number of benzene rings is 2. The molecule has 0 aliphatic rings. The lowest BCUT2D eigenvalue weighted by molar-refractivity contribution is -0.117. The van der Waals surface area contributed by atoms with Gasteiger partial charge in [-0.1, -0.05) is 11.6 Å². The Morgan fingerprint density at radius 1 is 1.00 bits per heavy atom. The van der Waals surface area contributed by atoms with Gasteiger partial charge < -0.3 is 29.4 Å². The number of amides is 2. The van der Waals surface area contributed by atoms with E-state index in [4.69, 9.17) is 25.8 Å². The number of halogens is 1. The van der Waals surface area contributed by atoms with Crippen molar-refractivity contribution in [1.29, 1.82) is 0 Å². The van der Waals surface area contributed by atoms with Gasteiger partial charge in [-0.2, -0.15) is 0 Å². The number of anilines is 1. The summed E-state index contributed by atoms with van der Waals surface area (Å²) in [4.78, 5) is 25.4. The third-order valence-corrected chi connectivity index (χ3v) is 5.24. The van der Waals surface area contributed by atoms with E-state index < -0.39 is 11.9 Å². The molecule has 2 N–H and O–H groups in total. The van der Waals surface area contributed by atoms with E-state index in [-0.39, 0.29) is 5.91 Å². The molecule has 164 valence electrons. The SMILES string of the molecule is COc1cc(OC)c2cc(C(=O)N[C@H](C)C(=O)Nc3ccc(OC)c(Cl)c3)n(C)c2c1. The number of aryl methyl sites for hydroxylation is 1. The molecule has 2 amide bonds. The maximum absolute atomic E-state index is 12.9. The molecule has 0 saturated heterocycles. The lowest BCUT2D eigenvalue weighted by Gasteiger charge is -2.15. The van der Waals surface area contributed by atoms with Gasteiger partial charge >= 0.3 is 0 Å². The largest absolute Gasteiger partial charge is 0.497 e. The average Bonchev–Trinajstić information content (AvgIpc) is 3.09. The number of rotatable bonds is 7. The average molecular weight is 446 g/mol. The summed E-state index contributed by atoms with van der Waals surface area (Å²) < 4.78 is 17.5. The molecule has 9 heteroatoms. The first kappa shape index (κ1) is 22.3. The van der Waals surface area contributed by atoms with Crippen LogP contribution in [0.4, 0.5) is 5.69 Å². The van der Waals surface area contributed by atoms with E-state index in [1.54, 1.807) is 63.1 Å². The van der Waals surface area contributed by atoms with Gasteiger partial charge in [0, 0.05) is 30.3 Å². The Morgan fingerprint density at radius 3 is 2.32 bits per heavy atom. The summed E-state index contributed by atoms with van der Waals surface area (Å²) in [6, 6.07) is 9.40. The van der Waals surface area contributed by atoms with E-state index in [1.807, 2.05) is 6.07 Å². The fourth-order valence-electron chi connectivity index (χ4n) is 3.21. The van der Waals surface area contributed by atoms with Gasteiger partial charge in [0.15, 0.2) is 0 Å². The first-order chi connectivity index (χ1) is 14.8. The zero-order valence-corrected chi connectivity index (χ0v) is 18.7. The highest BCUT2D eigenvalue weighted by Crippen LogP contribution is 2.33. The Balaban J connectivity index is 1.77. The molecule has 0 unspecified atom stereocenters. The van der Waals surface area contributed by atoms with E-state index in [9.17, 15) is 9.59 Å². The van der Waals surface area contributed by atoms with Gasteiger partial charge in [-0.3, -0.25) is 9.59 Å². The monoisotopic (exact) mass is 445 g/mol. The number of carbonyl (C=O) groups excluding carboxylic acids is 2. The van der Waals surface area contributed by atoms with Crippen LogP contribution in [0.15, 0.2) is 36.4 Å². The Hall–Kier alpha value is -3.39. The van der Waals surface area contributed by atoms with Crippen molar-refractivity contribution in [2.45, 2.75) is 13.0 Å². The molecular weight excluding hydrogens is 422 g/mol. The van der Waals surface area contributed by atoms with Gasteiger partial charge in [0.25, 0.3) is 5.91 Å². The van der Waals surface area contributed by atoms with Gasteiger partial charge in [0.05, 0.1) is 31.9 Å². The first-order valence-corrected chi connectivity index (χ1v) is 9.83. The van der Waals surface area contributed by atoms with Crippen molar-refractivity contribution < 1.29 is 23.8 Å². The van der Waals surface area contributed by atoms with Gasteiger partial charge in [-0.25, -0.2) is 0 Å². The van der Waals surface area contributed by atoms with E-state index in [1.165, 1.54) is 7.11 Å². The fourth-order valence-corrected chi connectivity index (χ4v) is 3.47. The van der Waals surface area contributed by atoms with Crippen molar-refractivity contribution in [3.8, 4) is 17.2 Å². The van der Waals surface area contributed by atoms with Crippen LogP contribution < -0.4 is 24.8 Å². The molecule has 3 aromatic rings. The Labute approximate surface area is 185 Å². The fraction of sp³-hybridized carbons (Fsp3) is 0.273. The molecule has 0 spiro atoms. The number of methoxy groups -OCH3 is 3. The number of nitrogens with one attached hydrogen (secondary N) is 2. The van der Waals surface area contributed by atoms with Gasteiger partial charge in [0.2, 0.25) is 5.91 Å². The summed E-state index contributed by atoms with van der Waals surface area (Å²) >= 11 is 6.09. The van der Waals surface area contributed by atoms with Crippen LogP contribution in [0, 0.1) is 0 Å². The number of aromatic nitrogens is 1. The minimum atomic E-state index is -0.789. The standard InChI is InChI=1S/C22H24ClN3O5/c1-12(21(27)25-13-6-7-19(30-4)16(23)8-13)24-22(28)18-11-15-17(26(18)2)9-14(29-3)10-20(15)31-5/h6-12H,1-5H3,(H,24,28)(H,25,27)/t12-/m1/s1. The van der Waals surface area contributed by atoms with E-state index in [2.05, 4.69) is 10.6 Å². The summed E-state index contributed by atoms with van der Waals surface area (Å²) in [7, 11) is 6.39. The third-order valence-electron chi connectivity index (χ3n) is 4.95. The molecule has 31 heavy (non-hydrogen) atoms. The molecule has 3 rings (SSSR count).